The van der Waals surface area contributed by atoms with Gasteiger partial charge in [0.05, 0.1) is 18.4 Å². The van der Waals surface area contributed by atoms with E-state index in [1.165, 1.54) is 23.3 Å². The maximum Gasteiger partial charge on any atom is 0.258 e. The Morgan fingerprint density at radius 3 is 2.97 bits per heavy atom. The molecule has 1 fully saturated rings. The van der Waals surface area contributed by atoms with Crippen molar-refractivity contribution < 1.29 is 14.3 Å². The summed E-state index contributed by atoms with van der Waals surface area (Å²) in [6.07, 6.45) is 2.29. The van der Waals surface area contributed by atoms with E-state index >= 15 is 0 Å². The van der Waals surface area contributed by atoms with Gasteiger partial charge in [-0.2, -0.15) is 0 Å². The highest BCUT2D eigenvalue weighted by atomic mass is 35.5. The molecule has 0 radical (unpaired) electrons. The number of ether oxygens (including phenoxy) is 1. The Balaban J connectivity index is 1.49. The van der Waals surface area contributed by atoms with Crippen molar-refractivity contribution >= 4 is 39.9 Å². The number of hydrogen-bond acceptors (Lipinski definition) is 6. The SMILES string of the molecule is CCN1CCc2nc(NC(=O)C3CCCN3C(=O)c3cc(Cl)ccc3OC)sc2C1. The summed E-state index contributed by atoms with van der Waals surface area (Å²) >= 11 is 7.62. The number of aromatic nitrogens is 1. The van der Waals surface area contributed by atoms with E-state index in [4.69, 9.17) is 16.3 Å². The molecule has 1 N–H and O–H groups in total. The molecule has 0 spiro atoms. The van der Waals surface area contributed by atoms with Gasteiger partial charge in [0, 0.05) is 36.0 Å². The van der Waals surface area contributed by atoms with Crippen LogP contribution in [0.5, 0.6) is 5.75 Å². The smallest absolute Gasteiger partial charge is 0.258 e. The summed E-state index contributed by atoms with van der Waals surface area (Å²) in [6.45, 7) is 5.54. The van der Waals surface area contributed by atoms with Gasteiger partial charge in [-0.05, 0) is 37.6 Å². The molecule has 7 nitrogen and oxygen atoms in total. The number of thiazole rings is 1. The molecule has 2 aliphatic rings. The number of carbonyl (C=O) groups excluding carboxylic acids is 2. The van der Waals surface area contributed by atoms with E-state index in [9.17, 15) is 9.59 Å². The zero-order chi connectivity index (χ0) is 21.3. The Kier molecular flexibility index (Phi) is 6.26. The summed E-state index contributed by atoms with van der Waals surface area (Å²) in [4.78, 5) is 36.0. The van der Waals surface area contributed by atoms with Crippen molar-refractivity contribution in [3.63, 3.8) is 0 Å². The van der Waals surface area contributed by atoms with E-state index in [0.717, 1.165) is 38.2 Å². The number of methoxy groups -OCH3 is 1. The number of halogens is 1. The summed E-state index contributed by atoms with van der Waals surface area (Å²) in [5.41, 5.74) is 1.44. The van der Waals surface area contributed by atoms with Crippen LogP contribution in [0.1, 0.15) is 40.7 Å². The summed E-state index contributed by atoms with van der Waals surface area (Å²) in [5.74, 6) is 0.00726. The molecule has 160 valence electrons. The van der Waals surface area contributed by atoms with Gasteiger partial charge < -0.3 is 15.0 Å². The van der Waals surface area contributed by atoms with Crippen LogP contribution in [0.15, 0.2) is 18.2 Å². The van der Waals surface area contributed by atoms with Crippen LogP contribution in [-0.4, -0.2) is 59.4 Å². The Hall–Kier alpha value is -2.16. The molecule has 1 aromatic heterocycles. The molecule has 1 saturated heterocycles. The number of hydrogen-bond donors (Lipinski definition) is 1. The van der Waals surface area contributed by atoms with Crippen LogP contribution in [0, 0.1) is 0 Å². The van der Waals surface area contributed by atoms with Gasteiger partial charge in [0.2, 0.25) is 5.91 Å². The second-order valence-electron chi connectivity index (χ2n) is 7.50. The highest BCUT2D eigenvalue weighted by Crippen LogP contribution is 2.31. The average Bonchev–Trinajstić information content (AvgIpc) is 3.39. The molecule has 0 saturated carbocycles. The maximum absolute atomic E-state index is 13.2. The topological polar surface area (TPSA) is 74.8 Å². The van der Waals surface area contributed by atoms with Crippen molar-refractivity contribution in [3.8, 4) is 5.75 Å². The number of fused-ring (bicyclic) bond motifs is 1. The quantitative estimate of drug-likeness (QED) is 0.758. The third kappa shape index (κ3) is 4.17. The molecule has 30 heavy (non-hydrogen) atoms. The van der Waals surface area contributed by atoms with Gasteiger partial charge in [-0.1, -0.05) is 18.5 Å². The molecule has 0 aliphatic carbocycles. The lowest BCUT2D eigenvalue weighted by Crippen LogP contribution is -2.43. The summed E-state index contributed by atoms with van der Waals surface area (Å²) in [5, 5.41) is 4.02. The first kappa shape index (κ1) is 21.1. The van der Waals surface area contributed by atoms with Crippen molar-refractivity contribution in [3.05, 3.63) is 39.4 Å². The van der Waals surface area contributed by atoms with Gasteiger partial charge in [-0.3, -0.25) is 14.5 Å². The third-order valence-corrected chi connectivity index (χ3v) is 6.93. The second kappa shape index (κ2) is 8.91. The average molecular weight is 449 g/mol. The van der Waals surface area contributed by atoms with Crippen LogP contribution in [-0.2, 0) is 17.8 Å². The number of nitrogens with one attached hydrogen (secondary N) is 1. The lowest BCUT2D eigenvalue weighted by Gasteiger charge is -2.24. The molecule has 2 amide bonds. The predicted octanol–water partition coefficient (Wildman–Crippen LogP) is 3.43. The molecular formula is C21H25ClN4O3S. The monoisotopic (exact) mass is 448 g/mol. The van der Waals surface area contributed by atoms with Crippen LogP contribution < -0.4 is 10.1 Å². The standard InChI is InChI=1S/C21H25ClN4O3S/c1-3-25-10-8-15-18(12-25)30-21(23-15)24-19(27)16-5-4-9-26(16)20(28)14-11-13(22)6-7-17(14)29-2/h6-7,11,16H,3-5,8-10,12H2,1-2H3,(H,23,24,27). The molecule has 1 atom stereocenters. The van der Waals surface area contributed by atoms with E-state index in [2.05, 4.69) is 22.1 Å². The third-order valence-electron chi connectivity index (χ3n) is 5.70. The molecule has 9 heteroatoms. The number of carbonyl (C=O) groups is 2. The number of likely N-dealkylation sites (tertiary alicyclic amines) is 1. The van der Waals surface area contributed by atoms with E-state index < -0.39 is 6.04 Å². The van der Waals surface area contributed by atoms with Crippen molar-refractivity contribution in [2.24, 2.45) is 0 Å². The van der Waals surface area contributed by atoms with Crippen LogP contribution >= 0.6 is 22.9 Å². The molecule has 1 aromatic carbocycles. The molecule has 1 unspecified atom stereocenters. The van der Waals surface area contributed by atoms with E-state index in [1.807, 2.05) is 0 Å². The molecular weight excluding hydrogens is 424 g/mol. The maximum atomic E-state index is 13.2. The molecule has 0 bridgehead atoms. The van der Waals surface area contributed by atoms with E-state index in [1.54, 1.807) is 23.1 Å². The summed E-state index contributed by atoms with van der Waals surface area (Å²) in [6, 6.07) is 4.40. The lowest BCUT2D eigenvalue weighted by atomic mass is 10.1. The minimum atomic E-state index is -0.533. The first-order valence-corrected chi connectivity index (χ1v) is 11.4. The van der Waals surface area contributed by atoms with Gasteiger partial charge in [0.15, 0.2) is 5.13 Å². The van der Waals surface area contributed by atoms with Crippen LogP contribution in [0.25, 0.3) is 0 Å². The first-order chi connectivity index (χ1) is 14.5. The van der Waals surface area contributed by atoms with Crippen molar-refractivity contribution in [1.82, 2.24) is 14.8 Å². The van der Waals surface area contributed by atoms with Crippen molar-refractivity contribution in [2.45, 2.75) is 38.8 Å². The fraction of sp³-hybridized carbons (Fsp3) is 0.476. The molecule has 2 aromatic rings. The number of rotatable bonds is 5. The van der Waals surface area contributed by atoms with Gasteiger partial charge in [-0.25, -0.2) is 4.98 Å². The fourth-order valence-corrected chi connectivity index (χ4v) is 5.27. The number of nitrogens with zero attached hydrogens (tertiary/aromatic N) is 3. The van der Waals surface area contributed by atoms with Crippen LogP contribution in [0.2, 0.25) is 5.02 Å². The Morgan fingerprint density at radius 1 is 1.37 bits per heavy atom. The van der Waals surface area contributed by atoms with E-state index in [0.29, 0.717) is 34.4 Å². The molecule has 3 heterocycles. The fourth-order valence-electron chi connectivity index (χ4n) is 4.04. The van der Waals surface area contributed by atoms with Gasteiger partial charge >= 0.3 is 0 Å². The molecule has 4 rings (SSSR count). The highest BCUT2D eigenvalue weighted by Gasteiger charge is 2.36. The number of benzene rings is 1. The first-order valence-electron chi connectivity index (χ1n) is 10.2. The number of amides is 2. The van der Waals surface area contributed by atoms with Crippen LogP contribution in [0.4, 0.5) is 5.13 Å². The summed E-state index contributed by atoms with van der Waals surface area (Å²) in [7, 11) is 1.51. The van der Waals surface area contributed by atoms with E-state index in [-0.39, 0.29) is 11.8 Å². The Morgan fingerprint density at radius 2 is 2.20 bits per heavy atom. The minimum absolute atomic E-state index is 0.194. The Labute approximate surface area is 185 Å². The van der Waals surface area contributed by atoms with Gasteiger partial charge in [0.1, 0.15) is 11.8 Å². The Bertz CT molecular complexity index is 964. The summed E-state index contributed by atoms with van der Waals surface area (Å²) < 4.78 is 5.32. The second-order valence-corrected chi connectivity index (χ2v) is 9.02. The van der Waals surface area contributed by atoms with Crippen molar-refractivity contribution in [1.29, 1.82) is 0 Å². The highest BCUT2D eigenvalue weighted by molar-refractivity contribution is 7.15. The van der Waals surface area contributed by atoms with Crippen molar-refractivity contribution in [2.75, 3.05) is 32.1 Å². The largest absolute Gasteiger partial charge is 0.496 e. The number of likely N-dealkylation sites (N-methyl/N-ethyl adjacent to an activating group) is 1. The predicted molar refractivity (Wildman–Crippen MR) is 117 cm³/mol. The lowest BCUT2D eigenvalue weighted by molar-refractivity contribution is -0.119. The molecule has 2 aliphatic heterocycles. The normalized spacial score (nSPS) is 18.9. The zero-order valence-electron chi connectivity index (χ0n) is 17.1. The minimum Gasteiger partial charge on any atom is -0.496 e. The number of anilines is 1. The zero-order valence-corrected chi connectivity index (χ0v) is 18.7. The van der Waals surface area contributed by atoms with Crippen LogP contribution in [0.3, 0.4) is 0 Å². The van der Waals surface area contributed by atoms with Gasteiger partial charge in [-0.15, -0.1) is 11.3 Å². The van der Waals surface area contributed by atoms with Gasteiger partial charge in [0.25, 0.3) is 5.91 Å².